The second-order valence-electron chi connectivity index (χ2n) is 5.14. The first-order valence-electron chi connectivity index (χ1n) is 7.13. The van der Waals surface area contributed by atoms with Crippen LogP contribution in [-0.4, -0.2) is 23.5 Å². The van der Waals surface area contributed by atoms with Gasteiger partial charge in [0.05, 0.1) is 20.8 Å². The van der Waals surface area contributed by atoms with Crippen LogP contribution in [0.25, 0.3) is 10.9 Å². The maximum Gasteiger partial charge on any atom is 0.355 e. The van der Waals surface area contributed by atoms with Gasteiger partial charge in [-0.3, -0.25) is 4.79 Å². The summed E-state index contributed by atoms with van der Waals surface area (Å²) in [5.41, 5.74) is 1.35. The van der Waals surface area contributed by atoms with Gasteiger partial charge in [-0.15, -0.1) is 0 Å². The van der Waals surface area contributed by atoms with E-state index in [-0.39, 0.29) is 26.4 Å². The maximum absolute atomic E-state index is 12.0. The van der Waals surface area contributed by atoms with E-state index >= 15 is 0 Å². The number of aromatic nitrogens is 1. The molecule has 0 atom stereocenters. The van der Waals surface area contributed by atoms with Crippen molar-refractivity contribution in [1.29, 1.82) is 0 Å². The summed E-state index contributed by atoms with van der Waals surface area (Å²) < 4.78 is 5.00. The van der Waals surface area contributed by atoms with Crippen molar-refractivity contribution >= 4 is 63.3 Å². The number of esters is 1. The molecule has 3 rings (SSSR count). The minimum absolute atomic E-state index is 0.227. The Morgan fingerprint density at radius 1 is 1.00 bits per heavy atom. The van der Waals surface area contributed by atoms with E-state index in [1.54, 1.807) is 6.07 Å². The van der Waals surface area contributed by atoms with E-state index in [1.165, 1.54) is 12.1 Å². The summed E-state index contributed by atoms with van der Waals surface area (Å²) in [7, 11) is 0. The van der Waals surface area contributed by atoms with Crippen LogP contribution in [0.5, 0.6) is 0 Å². The van der Waals surface area contributed by atoms with Gasteiger partial charge in [-0.05, 0) is 24.3 Å². The number of carbonyl (C=O) groups excluding carboxylic acids is 2. The normalized spacial score (nSPS) is 10.7. The molecule has 2 N–H and O–H groups in total. The molecule has 0 aliphatic carbocycles. The molecule has 128 valence electrons. The van der Waals surface area contributed by atoms with Gasteiger partial charge in [-0.1, -0.05) is 53.0 Å². The van der Waals surface area contributed by atoms with Crippen LogP contribution in [0.15, 0.2) is 42.5 Å². The Labute approximate surface area is 157 Å². The number of nitrogens with one attached hydrogen (secondary N) is 2. The van der Waals surface area contributed by atoms with E-state index in [9.17, 15) is 9.59 Å². The van der Waals surface area contributed by atoms with Crippen molar-refractivity contribution in [2.24, 2.45) is 0 Å². The van der Waals surface area contributed by atoms with Crippen molar-refractivity contribution in [3.8, 4) is 0 Å². The summed E-state index contributed by atoms with van der Waals surface area (Å²) in [6.45, 7) is -0.467. The summed E-state index contributed by atoms with van der Waals surface area (Å²) in [5, 5.41) is 4.13. The van der Waals surface area contributed by atoms with E-state index in [2.05, 4.69) is 10.3 Å². The van der Waals surface area contributed by atoms with Crippen LogP contribution in [0.4, 0.5) is 5.69 Å². The molecule has 0 saturated heterocycles. The Morgan fingerprint density at radius 3 is 2.48 bits per heavy atom. The summed E-state index contributed by atoms with van der Waals surface area (Å²) in [5.74, 6) is -1.18. The van der Waals surface area contributed by atoms with Crippen LogP contribution in [0.2, 0.25) is 15.1 Å². The van der Waals surface area contributed by atoms with Crippen molar-refractivity contribution in [2.45, 2.75) is 0 Å². The van der Waals surface area contributed by atoms with Gasteiger partial charge in [0.15, 0.2) is 6.61 Å². The number of benzene rings is 2. The van der Waals surface area contributed by atoms with Crippen molar-refractivity contribution in [3.63, 3.8) is 0 Å². The van der Waals surface area contributed by atoms with Gasteiger partial charge in [0, 0.05) is 10.9 Å². The number of halogens is 3. The molecule has 1 aromatic heterocycles. The molecule has 5 nitrogen and oxygen atoms in total. The summed E-state index contributed by atoms with van der Waals surface area (Å²) >= 11 is 17.7. The SMILES string of the molecule is O=C(COC(=O)c1cc2ccccc2[nH]1)Nc1cc(Cl)c(Cl)cc1Cl. The van der Waals surface area contributed by atoms with Crippen LogP contribution in [-0.2, 0) is 9.53 Å². The third-order valence-electron chi connectivity index (χ3n) is 3.37. The number of carbonyl (C=O) groups is 2. The highest BCUT2D eigenvalue weighted by molar-refractivity contribution is 6.44. The van der Waals surface area contributed by atoms with E-state index in [4.69, 9.17) is 39.5 Å². The lowest BCUT2D eigenvalue weighted by molar-refractivity contribution is -0.119. The fourth-order valence-corrected chi connectivity index (χ4v) is 2.79. The van der Waals surface area contributed by atoms with Gasteiger partial charge < -0.3 is 15.0 Å². The molecule has 1 amide bonds. The highest BCUT2D eigenvalue weighted by Gasteiger charge is 2.14. The molecule has 0 saturated carbocycles. The molecule has 8 heteroatoms. The van der Waals surface area contributed by atoms with Gasteiger partial charge >= 0.3 is 5.97 Å². The topological polar surface area (TPSA) is 71.2 Å². The first kappa shape index (κ1) is 17.6. The first-order valence-corrected chi connectivity index (χ1v) is 8.26. The summed E-state index contributed by atoms with van der Waals surface area (Å²) in [4.78, 5) is 26.9. The number of aromatic amines is 1. The molecular weight excluding hydrogens is 387 g/mol. The molecule has 2 aromatic carbocycles. The monoisotopic (exact) mass is 396 g/mol. The summed E-state index contributed by atoms with van der Waals surface area (Å²) in [6.07, 6.45) is 0. The Kier molecular flexibility index (Phi) is 5.18. The predicted molar refractivity (Wildman–Crippen MR) is 98.7 cm³/mol. The zero-order valence-electron chi connectivity index (χ0n) is 12.6. The standard InChI is InChI=1S/C17H11Cl3N2O3/c18-10-6-12(20)14(7-11(10)19)22-16(23)8-25-17(24)15-5-9-3-1-2-4-13(9)21-15/h1-7,21H,8H2,(H,22,23). The number of rotatable bonds is 4. The van der Waals surface area contributed by atoms with Gasteiger partial charge in [0.2, 0.25) is 0 Å². The van der Waals surface area contributed by atoms with Crippen molar-refractivity contribution in [2.75, 3.05) is 11.9 Å². The average Bonchev–Trinajstić information content (AvgIpc) is 3.02. The van der Waals surface area contributed by atoms with Gasteiger partial charge in [0.25, 0.3) is 5.91 Å². The molecule has 1 heterocycles. The minimum atomic E-state index is -0.633. The average molecular weight is 398 g/mol. The molecule has 0 aliphatic rings. The van der Waals surface area contributed by atoms with Crippen LogP contribution < -0.4 is 5.32 Å². The molecule has 25 heavy (non-hydrogen) atoms. The van der Waals surface area contributed by atoms with Crippen LogP contribution >= 0.6 is 34.8 Å². The molecule has 0 unspecified atom stereocenters. The number of H-pyrrole nitrogens is 1. The largest absolute Gasteiger partial charge is 0.451 e. The van der Waals surface area contributed by atoms with Gasteiger partial charge in [-0.2, -0.15) is 0 Å². The minimum Gasteiger partial charge on any atom is -0.451 e. The molecule has 0 spiro atoms. The molecule has 0 bridgehead atoms. The van der Waals surface area contributed by atoms with E-state index in [0.29, 0.717) is 0 Å². The number of para-hydroxylation sites is 1. The van der Waals surface area contributed by atoms with E-state index in [1.807, 2.05) is 24.3 Å². The molecule has 0 radical (unpaired) electrons. The first-order chi connectivity index (χ1) is 11.9. The highest BCUT2D eigenvalue weighted by Crippen LogP contribution is 2.32. The Bertz CT molecular complexity index is 936. The zero-order chi connectivity index (χ0) is 18.0. The molecule has 3 aromatic rings. The number of fused-ring (bicyclic) bond motifs is 1. The van der Waals surface area contributed by atoms with Gasteiger partial charge in [0.1, 0.15) is 5.69 Å². The Morgan fingerprint density at radius 2 is 1.72 bits per heavy atom. The Hall–Kier alpha value is -2.21. The van der Waals surface area contributed by atoms with E-state index < -0.39 is 18.5 Å². The lowest BCUT2D eigenvalue weighted by Gasteiger charge is -2.09. The van der Waals surface area contributed by atoms with Crippen LogP contribution in [0.1, 0.15) is 10.5 Å². The number of anilines is 1. The zero-order valence-corrected chi connectivity index (χ0v) is 14.9. The summed E-state index contributed by atoms with van der Waals surface area (Å²) in [6, 6.07) is 11.9. The fraction of sp³-hybridized carbons (Fsp3) is 0.0588. The third kappa shape index (κ3) is 4.07. The van der Waals surface area contributed by atoms with Crippen molar-refractivity contribution < 1.29 is 14.3 Å². The third-order valence-corrected chi connectivity index (χ3v) is 4.40. The molecular formula is C17H11Cl3N2O3. The Balaban J connectivity index is 1.62. The number of amides is 1. The smallest absolute Gasteiger partial charge is 0.355 e. The van der Waals surface area contributed by atoms with E-state index in [0.717, 1.165) is 10.9 Å². The second-order valence-corrected chi connectivity index (χ2v) is 6.36. The quantitative estimate of drug-likeness (QED) is 0.485. The van der Waals surface area contributed by atoms with Crippen molar-refractivity contribution in [3.05, 3.63) is 63.2 Å². The van der Waals surface area contributed by atoms with Crippen LogP contribution in [0, 0.1) is 0 Å². The number of hydrogen-bond acceptors (Lipinski definition) is 3. The lowest BCUT2D eigenvalue weighted by Crippen LogP contribution is -2.21. The highest BCUT2D eigenvalue weighted by atomic mass is 35.5. The van der Waals surface area contributed by atoms with Gasteiger partial charge in [-0.25, -0.2) is 4.79 Å². The predicted octanol–water partition coefficient (Wildman–Crippen LogP) is 4.92. The number of ether oxygens (including phenoxy) is 1. The fourth-order valence-electron chi connectivity index (χ4n) is 2.20. The second kappa shape index (κ2) is 7.35. The number of hydrogen-bond donors (Lipinski definition) is 2. The van der Waals surface area contributed by atoms with Crippen LogP contribution in [0.3, 0.4) is 0 Å². The molecule has 0 fully saturated rings. The van der Waals surface area contributed by atoms with Crippen molar-refractivity contribution in [1.82, 2.24) is 4.98 Å². The maximum atomic E-state index is 12.0. The molecule has 0 aliphatic heterocycles. The lowest BCUT2D eigenvalue weighted by atomic mass is 10.2.